The molecule has 0 atom stereocenters. The summed E-state index contributed by atoms with van der Waals surface area (Å²) in [6, 6.07) is 0. The van der Waals surface area contributed by atoms with E-state index in [4.69, 9.17) is 10.5 Å². The molecule has 2 rings (SSSR count). The number of hydrogen-bond donors (Lipinski definition) is 2. The molecule has 17 heavy (non-hydrogen) atoms. The van der Waals surface area contributed by atoms with Gasteiger partial charge < -0.3 is 20.4 Å². The molecular weight excluding hydrogens is 220 g/mol. The molecule has 0 spiro atoms. The number of carbonyl (C=O) groups is 1. The number of nitrogens with two attached hydrogens (primary N) is 1. The maximum Gasteiger partial charge on any atom is 0.240 e. The van der Waals surface area contributed by atoms with Gasteiger partial charge in [-0.1, -0.05) is 0 Å². The number of aromatic nitrogens is 2. The van der Waals surface area contributed by atoms with Crippen LogP contribution in [-0.2, 0) is 16.1 Å². The number of nitrogens with one attached hydrogen (secondary N) is 1. The third-order valence-electron chi connectivity index (χ3n) is 3.05. The van der Waals surface area contributed by atoms with E-state index in [2.05, 4.69) is 10.3 Å². The standard InChI is InChI=1S/C11H18N4O2/c12-11(1-7-17-8-2-11)10(16)14-4-6-15-5-3-13-9-15/h3,5,9H,1-2,4,6-8,12H2,(H,14,16). The maximum atomic E-state index is 11.9. The van der Waals surface area contributed by atoms with Crippen LogP contribution in [0.1, 0.15) is 12.8 Å². The Morgan fingerprint density at radius 2 is 2.29 bits per heavy atom. The molecule has 1 aromatic heterocycles. The number of nitrogens with zero attached hydrogens (tertiary/aromatic N) is 2. The highest BCUT2D eigenvalue weighted by Crippen LogP contribution is 2.17. The van der Waals surface area contributed by atoms with Crippen LogP contribution in [0.25, 0.3) is 0 Å². The normalized spacial score (nSPS) is 18.9. The van der Waals surface area contributed by atoms with Crippen molar-refractivity contribution in [1.82, 2.24) is 14.9 Å². The van der Waals surface area contributed by atoms with E-state index in [1.165, 1.54) is 0 Å². The molecule has 1 aromatic rings. The zero-order valence-corrected chi connectivity index (χ0v) is 9.76. The SMILES string of the molecule is NC1(C(=O)NCCn2ccnc2)CCOCC1. The Bertz CT molecular complexity index is 358. The fourth-order valence-corrected chi connectivity index (χ4v) is 1.86. The molecule has 6 nitrogen and oxygen atoms in total. The van der Waals surface area contributed by atoms with Gasteiger partial charge in [0.2, 0.25) is 5.91 Å². The smallest absolute Gasteiger partial charge is 0.240 e. The van der Waals surface area contributed by atoms with Crippen molar-refractivity contribution >= 4 is 5.91 Å². The Morgan fingerprint density at radius 3 is 2.94 bits per heavy atom. The van der Waals surface area contributed by atoms with Crippen molar-refractivity contribution in [2.75, 3.05) is 19.8 Å². The molecule has 6 heteroatoms. The lowest BCUT2D eigenvalue weighted by Gasteiger charge is -2.31. The Labute approximate surface area is 100 Å². The summed E-state index contributed by atoms with van der Waals surface area (Å²) >= 11 is 0. The van der Waals surface area contributed by atoms with E-state index in [9.17, 15) is 4.79 Å². The van der Waals surface area contributed by atoms with Crippen LogP contribution in [0.2, 0.25) is 0 Å². The lowest BCUT2D eigenvalue weighted by atomic mass is 9.90. The van der Waals surface area contributed by atoms with Gasteiger partial charge in [-0.3, -0.25) is 4.79 Å². The molecule has 1 saturated heterocycles. The average molecular weight is 238 g/mol. The van der Waals surface area contributed by atoms with Gasteiger partial charge in [0, 0.05) is 38.7 Å². The third-order valence-corrected chi connectivity index (χ3v) is 3.05. The highest BCUT2D eigenvalue weighted by Gasteiger charge is 2.35. The molecule has 0 aromatic carbocycles. The Balaban J connectivity index is 1.76. The lowest BCUT2D eigenvalue weighted by molar-refractivity contribution is -0.129. The van der Waals surface area contributed by atoms with Crippen LogP contribution in [0.5, 0.6) is 0 Å². The van der Waals surface area contributed by atoms with Gasteiger partial charge in [-0.05, 0) is 12.8 Å². The van der Waals surface area contributed by atoms with Crippen molar-refractivity contribution in [3.8, 4) is 0 Å². The quantitative estimate of drug-likeness (QED) is 0.741. The van der Waals surface area contributed by atoms with Crippen LogP contribution in [-0.4, -0.2) is 40.8 Å². The summed E-state index contributed by atoms with van der Waals surface area (Å²) in [4.78, 5) is 15.9. The van der Waals surface area contributed by atoms with Gasteiger partial charge in [0.15, 0.2) is 0 Å². The van der Waals surface area contributed by atoms with Crippen molar-refractivity contribution < 1.29 is 9.53 Å². The summed E-state index contributed by atoms with van der Waals surface area (Å²) in [6.45, 7) is 2.39. The summed E-state index contributed by atoms with van der Waals surface area (Å²) < 4.78 is 7.12. The molecule has 0 radical (unpaired) electrons. The molecule has 94 valence electrons. The van der Waals surface area contributed by atoms with E-state index in [1.807, 2.05) is 10.8 Å². The van der Waals surface area contributed by atoms with E-state index < -0.39 is 5.54 Å². The van der Waals surface area contributed by atoms with Gasteiger partial charge in [0.1, 0.15) is 0 Å². The van der Waals surface area contributed by atoms with E-state index in [0.29, 0.717) is 39.1 Å². The third kappa shape index (κ3) is 3.04. The summed E-state index contributed by atoms with van der Waals surface area (Å²) in [6.07, 6.45) is 6.47. The Morgan fingerprint density at radius 1 is 1.53 bits per heavy atom. The zero-order chi connectivity index (χ0) is 12.1. The molecule has 0 aliphatic carbocycles. The number of carbonyl (C=O) groups excluding carboxylic acids is 1. The minimum atomic E-state index is -0.757. The lowest BCUT2D eigenvalue weighted by Crippen LogP contribution is -2.57. The van der Waals surface area contributed by atoms with Crippen LogP contribution in [0.3, 0.4) is 0 Å². The topological polar surface area (TPSA) is 82.2 Å². The second-order valence-electron chi connectivity index (χ2n) is 4.32. The maximum absolute atomic E-state index is 11.9. The summed E-state index contributed by atoms with van der Waals surface area (Å²) in [5.74, 6) is -0.0825. The first-order chi connectivity index (χ1) is 8.21. The second kappa shape index (κ2) is 5.29. The predicted molar refractivity (Wildman–Crippen MR) is 62.2 cm³/mol. The van der Waals surface area contributed by atoms with Gasteiger partial charge in [-0.2, -0.15) is 0 Å². The predicted octanol–water partition coefficient (Wildman–Crippen LogP) is -0.493. The molecule has 3 N–H and O–H groups in total. The van der Waals surface area contributed by atoms with E-state index in [0.717, 1.165) is 0 Å². The number of amides is 1. The molecule has 1 aliphatic heterocycles. The molecule has 0 bridgehead atoms. The van der Waals surface area contributed by atoms with Gasteiger partial charge in [-0.15, -0.1) is 0 Å². The van der Waals surface area contributed by atoms with Crippen molar-refractivity contribution in [2.45, 2.75) is 24.9 Å². The van der Waals surface area contributed by atoms with Gasteiger partial charge in [0.25, 0.3) is 0 Å². The molecular formula is C11H18N4O2. The Kier molecular flexibility index (Phi) is 3.75. The van der Waals surface area contributed by atoms with Crippen LogP contribution in [0, 0.1) is 0 Å². The number of ether oxygens (including phenoxy) is 1. The number of rotatable bonds is 4. The molecule has 1 amide bonds. The van der Waals surface area contributed by atoms with Gasteiger partial charge >= 0.3 is 0 Å². The van der Waals surface area contributed by atoms with Crippen LogP contribution in [0.4, 0.5) is 0 Å². The van der Waals surface area contributed by atoms with Crippen molar-refractivity contribution in [3.05, 3.63) is 18.7 Å². The van der Waals surface area contributed by atoms with Crippen molar-refractivity contribution in [1.29, 1.82) is 0 Å². The summed E-state index contributed by atoms with van der Waals surface area (Å²) in [5.41, 5.74) is 5.29. The molecule has 1 aliphatic rings. The monoisotopic (exact) mass is 238 g/mol. The van der Waals surface area contributed by atoms with E-state index in [1.54, 1.807) is 12.5 Å². The fourth-order valence-electron chi connectivity index (χ4n) is 1.86. The molecule has 2 heterocycles. The van der Waals surface area contributed by atoms with Crippen molar-refractivity contribution in [3.63, 3.8) is 0 Å². The number of imidazole rings is 1. The minimum Gasteiger partial charge on any atom is -0.381 e. The van der Waals surface area contributed by atoms with Crippen LogP contribution in [0.15, 0.2) is 18.7 Å². The van der Waals surface area contributed by atoms with Gasteiger partial charge in [-0.25, -0.2) is 4.98 Å². The zero-order valence-electron chi connectivity index (χ0n) is 9.76. The van der Waals surface area contributed by atoms with E-state index in [-0.39, 0.29) is 5.91 Å². The first-order valence-corrected chi connectivity index (χ1v) is 5.81. The van der Waals surface area contributed by atoms with Gasteiger partial charge in [0.05, 0.1) is 11.9 Å². The molecule has 0 saturated carbocycles. The summed E-state index contributed by atoms with van der Waals surface area (Å²) in [7, 11) is 0. The molecule has 0 unspecified atom stereocenters. The average Bonchev–Trinajstić information content (AvgIpc) is 2.83. The van der Waals surface area contributed by atoms with Crippen molar-refractivity contribution in [2.24, 2.45) is 5.73 Å². The number of hydrogen-bond acceptors (Lipinski definition) is 4. The van der Waals surface area contributed by atoms with E-state index >= 15 is 0 Å². The summed E-state index contributed by atoms with van der Waals surface area (Å²) in [5, 5.41) is 2.86. The highest BCUT2D eigenvalue weighted by molar-refractivity contribution is 5.86. The highest BCUT2D eigenvalue weighted by atomic mass is 16.5. The second-order valence-corrected chi connectivity index (χ2v) is 4.32. The fraction of sp³-hybridized carbons (Fsp3) is 0.636. The Hall–Kier alpha value is -1.40. The minimum absolute atomic E-state index is 0.0825. The first kappa shape index (κ1) is 12.1. The molecule has 1 fully saturated rings. The van der Waals surface area contributed by atoms with Crippen LogP contribution < -0.4 is 11.1 Å². The largest absolute Gasteiger partial charge is 0.381 e. The van der Waals surface area contributed by atoms with Crippen LogP contribution >= 0.6 is 0 Å². The first-order valence-electron chi connectivity index (χ1n) is 5.81.